The number of hydrogen-bond acceptors (Lipinski definition) is 1. The SMILES string of the molecule is CC.CCC1CCC(Cc2ccncc2)CC1. The minimum absolute atomic E-state index is 0.926. The lowest BCUT2D eigenvalue weighted by Crippen LogP contribution is -2.15. The number of pyridine rings is 1. The summed E-state index contributed by atoms with van der Waals surface area (Å²) in [6.45, 7) is 6.33. The third kappa shape index (κ3) is 4.89. The van der Waals surface area contributed by atoms with Crippen LogP contribution in [0.1, 0.15) is 58.4 Å². The molecule has 0 spiro atoms. The standard InChI is InChI=1S/C14H21N.C2H6/c1-2-12-3-5-13(6-4-12)11-14-7-9-15-10-8-14;1-2/h7-10,12-13H,2-6,11H2,1H3;1-2H3. The smallest absolute Gasteiger partial charge is 0.0270 e. The van der Waals surface area contributed by atoms with Gasteiger partial charge in [-0.05, 0) is 48.8 Å². The highest BCUT2D eigenvalue weighted by Crippen LogP contribution is 2.32. The van der Waals surface area contributed by atoms with Crippen molar-refractivity contribution in [2.75, 3.05) is 0 Å². The van der Waals surface area contributed by atoms with Gasteiger partial charge in [0.25, 0.3) is 0 Å². The van der Waals surface area contributed by atoms with Crippen LogP contribution in [-0.4, -0.2) is 4.98 Å². The summed E-state index contributed by atoms with van der Waals surface area (Å²) in [5, 5.41) is 0. The molecule has 0 saturated heterocycles. The molecule has 1 fully saturated rings. The van der Waals surface area contributed by atoms with Crippen LogP contribution in [0.2, 0.25) is 0 Å². The fourth-order valence-electron chi connectivity index (χ4n) is 2.70. The van der Waals surface area contributed by atoms with Gasteiger partial charge in [0, 0.05) is 12.4 Å². The first-order valence-electron chi connectivity index (χ1n) is 7.27. The summed E-state index contributed by atoms with van der Waals surface area (Å²) in [6, 6.07) is 4.32. The van der Waals surface area contributed by atoms with E-state index in [9.17, 15) is 0 Å². The molecule has 1 heteroatoms. The van der Waals surface area contributed by atoms with E-state index in [1.807, 2.05) is 26.2 Å². The zero-order chi connectivity index (χ0) is 12.5. The molecular weight excluding hydrogens is 206 g/mol. The first kappa shape index (κ1) is 14.2. The van der Waals surface area contributed by atoms with E-state index in [1.165, 1.54) is 44.1 Å². The lowest BCUT2D eigenvalue weighted by molar-refractivity contribution is 0.268. The molecular formula is C16H27N. The third-order valence-corrected chi connectivity index (χ3v) is 3.82. The zero-order valence-corrected chi connectivity index (χ0v) is 11.7. The molecule has 0 aliphatic heterocycles. The monoisotopic (exact) mass is 233 g/mol. The summed E-state index contributed by atoms with van der Waals surface area (Å²) in [7, 11) is 0. The number of aromatic nitrogens is 1. The summed E-state index contributed by atoms with van der Waals surface area (Å²) < 4.78 is 0. The zero-order valence-electron chi connectivity index (χ0n) is 11.7. The van der Waals surface area contributed by atoms with E-state index in [0.717, 1.165) is 11.8 Å². The molecule has 1 heterocycles. The van der Waals surface area contributed by atoms with Crippen LogP contribution in [0, 0.1) is 11.8 Å². The van der Waals surface area contributed by atoms with Gasteiger partial charge in [0.05, 0.1) is 0 Å². The van der Waals surface area contributed by atoms with Crippen molar-refractivity contribution in [1.29, 1.82) is 0 Å². The van der Waals surface area contributed by atoms with Gasteiger partial charge in [0.2, 0.25) is 0 Å². The predicted octanol–water partition coefficient (Wildman–Crippen LogP) is 4.87. The van der Waals surface area contributed by atoms with Crippen molar-refractivity contribution in [3.8, 4) is 0 Å². The Morgan fingerprint density at radius 3 is 2.06 bits per heavy atom. The third-order valence-electron chi connectivity index (χ3n) is 3.82. The first-order chi connectivity index (χ1) is 8.38. The highest BCUT2D eigenvalue weighted by molar-refractivity contribution is 5.10. The molecule has 2 rings (SSSR count). The van der Waals surface area contributed by atoms with Crippen molar-refractivity contribution >= 4 is 0 Å². The Morgan fingerprint density at radius 1 is 1.00 bits per heavy atom. The van der Waals surface area contributed by atoms with Gasteiger partial charge in [-0.2, -0.15) is 0 Å². The molecule has 1 aliphatic rings. The van der Waals surface area contributed by atoms with Crippen LogP contribution in [0.15, 0.2) is 24.5 Å². The average molecular weight is 233 g/mol. The lowest BCUT2D eigenvalue weighted by atomic mass is 9.78. The van der Waals surface area contributed by atoms with Crippen LogP contribution < -0.4 is 0 Å². The Labute approximate surface area is 107 Å². The molecule has 1 aliphatic carbocycles. The van der Waals surface area contributed by atoms with Crippen LogP contribution in [0.3, 0.4) is 0 Å². The van der Waals surface area contributed by atoms with Crippen molar-refractivity contribution in [1.82, 2.24) is 4.98 Å². The molecule has 0 bridgehead atoms. The maximum Gasteiger partial charge on any atom is 0.0270 e. The van der Waals surface area contributed by atoms with Crippen molar-refractivity contribution in [2.24, 2.45) is 11.8 Å². The second kappa shape index (κ2) is 8.27. The second-order valence-corrected chi connectivity index (χ2v) is 4.85. The van der Waals surface area contributed by atoms with Crippen molar-refractivity contribution in [3.63, 3.8) is 0 Å². The summed E-state index contributed by atoms with van der Waals surface area (Å²) in [4.78, 5) is 4.06. The Bertz CT molecular complexity index is 273. The number of rotatable bonds is 3. The molecule has 1 aromatic heterocycles. The molecule has 0 radical (unpaired) electrons. The molecule has 96 valence electrons. The van der Waals surface area contributed by atoms with E-state index in [4.69, 9.17) is 0 Å². The topological polar surface area (TPSA) is 12.9 Å². The second-order valence-electron chi connectivity index (χ2n) is 4.85. The van der Waals surface area contributed by atoms with E-state index in [1.54, 1.807) is 0 Å². The lowest BCUT2D eigenvalue weighted by Gasteiger charge is -2.27. The van der Waals surface area contributed by atoms with E-state index >= 15 is 0 Å². The predicted molar refractivity (Wildman–Crippen MR) is 75.0 cm³/mol. The molecule has 1 aromatic rings. The van der Waals surface area contributed by atoms with Gasteiger partial charge in [-0.3, -0.25) is 4.98 Å². The van der Waals surface area contributed by atoms with E-state index in [0.29, 0.717) is 0 Å². The van der Waals surface area contributed by atoms with Crippen molar-refractivity contribution < 1.29 is 0 Å². The molecule has 0 aromatic carbocycles. The van der Waals surface area contributed by atoms with E-state index < -0.39 is 0 Å². The normalized spacial score (nSPS) is 23.7. The van der Waals surface area contributed by atoms with Crippen LogP contribution in [0.25, 0.3) is 0 Å². The van der Waals surface area contributed by atoms with Crippen LogP contribution >= 0.6 is 0 Å². The molecule has 0 unspecified atom stereocenters. The Balaban J connectivity index is 0.000000686. The molecule has 1 saturated carbocycles. The van der Waals surface area contributed by atoms with Gasteiger partial charge in [-0.1, -0.05) is 40.0 Å². The molecule has 17 heavy (non-hydrogen) atoms. The van der Waals surface area contributed by atoms with Gasteiger partial charge < -0.3 is 0 Å². The van der Waals surface area contributed by atoms with Crippen molar-refractivity contribution in [3.05, 3.63) is 30.1 Å². The number of nitrogens with zero attached hydrogens (tertiary/aromatic N) is 1. The fourth-order valence-corrected chi connectivity index (χ4v) is 2.70. The van der Waals surface area contributed by atoms with Gasteiger partial charge in [0.1, 0.15) is 0 Å². The highest BCUT2D eigenvalue weighted by atomic mass is 14.6. The Morgan fingerprint density at radius 2 is 1.53 bits per heavy atom. The number of hydrogen-bond donors (Lipinski definition) is 0. The quantitative estimate of drug-likeness (QED) is 0.726. The molecule has 0 amide bonds. The van der Waals surface area contributed by atoms with Gasteiger partial charge in [-0.25, -0.2) is 0 Å². The van der Waals surface area contributed by atoms with Gasteiger partial charge >= 0.3 is 0 Å². The van der Waals surface area contributed by atoms with Crippen LogP contribution in [0.5, 0.6) is 0 Å². The summed E-state index contributed by atoms with van der Waals surface area (Å²) in [5.74, 6) is 1.94. The summed E-state index contributed by atoms with van der Waals surface area (Å²) >= 11 is 0. The maximum atomic E-state index is 4.06. The van der Waals surface area contributed by atoms with Gasteiger partial charge in [-0.15, -0.1) is 0 Å². The Kier molecular flexibility index (Phi) is 6.91. The van der Waals surface area contributed by atoms with Gasteiger partial charge in [0.15, 0.2) is 0 Å². The molecule has 1 nitrogen and oxygen atoms in total. The Hall–Kier alpha value is -0.850. The minimum Gasteiger partial charge on any atom is -0.265 e. The fraction of sp³-hybridized carbons (Fsp3) is 0.688. The van der Waals surface area contributed by atoms with E-state index in [-0.39, 0.29) is 0 Å². The largest absolute Gasteiger partial charge is 0.265 e. The van der Waals surface area contributed by atoms with E-state index in [2.05, 4.69) is 24.0 Å². The first-order valence-corrected chi connectivity index (χ1v) is 7.27. The van der Waals surface area contributed by atoms with Crippen LogP contribution in [0.4, 0.5) is 0 Å². The maximum absolute atomic E-state index is 4.06. The molecule has 0 atom stereocenters. The molecule has 0 N–H and O–H groups in total. The average Bonchev–Trinajstić information content (AvgIpc) is 2.43. The summed E-state index contributed by atoms with van der Waals surface area (Å²) in [5.41, 5.74) is 1.46. The van der Waals surface area contributed by atoms with Crippen molar-refractivity contribution in [2.45, 2.75) is 59.3 Å². The highest BCUT2D eigenvalue weighted by Gasteiger charge is 2.19. The minimum atomic E-state index is 0.926. The summed E-state index contributed by atoms with van der Waals surface area (Å²) in [6.07, 6.45) is 12.2. The van der Waals surface area contributed by atoms with Crippen LogP contribution in [-0.2, 0) is 6.42 Å².